The van der Waals surface area contributed by atoms with Crippen molar-refractivity contribution >= 4 is 37.6 Å². The number of amides is 2. The zero-order chi connectivity index (χ0) is 27.1. The largest absolute Gasteiger partial charge is 0.289 e. The number of benzene rings is 4. The molecule has 2 N–H and O–H groups in total. The topological polar surface area (TPSA) is 144 Å². The maximum absolute atomic E-state index is 13.2. The summed E-state index contributed by atoms with van der Waals surface area (Å²) in [5, 5.41) is 0. The van der Waals surface area contributed by atoms with Gasteiger partial charge in [-0.05, 0) is 59.7 Å². The molecule has 0 atom stereocenters. The number of ketones is 1. The van der Waals surface area contributed by atoms with E-state index in [4.69, 9.17) is 0 Å². The molecule has 9 nitrogen and oxygen atoms in total. The highest BCUT2D eigenvalue weighted by atomic mass is 32.2. The smallest absolute Gasteiger partial charge is 0.264 e. The fourth-order valence-corrected chi connectivity index (χ4v) is 6.03. The number of rotatable bonds is 6. The zero-order valence-corrected chi connectivity index (χ0v) is 21.0. The fraction of sp³-hybridized carbons (Fsp3) is 0. The van der Waals surface area contributed by atoms with Gasteiger partial charge in [0.05, 0.1) is 9.79 Å². The molecule has 0 aromatic heterocycles. The molecule has 11 heteroatoms. The van der Waals surface area contributed by atoms with Gasteiger partial charge in [0, 0.05) is 22.3 Å². The summed E-state index contributed by atoms with van der Waals surface area (Å²) < 4.78 is 55.3. The molecular weight excluding hydrogens is 528 g/mol. The van der Waals surface area contributed by atoms with Crippen LogP contribution in [0.2, 0.25) is 0 Å². The SMILES string of the molecule is O=C(NS(=O)(=O)c1ccc2c(c1)C(=O)c1cc(S(=O)(=O)NC(=O)c3ccccc3)ccc1-2)c1ccccc1. The normalized spacial score (nSPS) is 12.4. The van der Waals surface area contributed by atoms with Crippen LogP contribution < -0.4 is 9.44 Å². The minimum atomic E-state index is -4.31. The molecule has 38 heavy (non-hydrogen) atoms. The summed E-state index contributed by atoms with van der Waals surface area (Å²) in [5.41, 5.74) is 1.20. The van der Waals surface area contributed by atoms with Crippen molar-refractivity contribution in [1.29, 1.82) is 0 Å². The molecule has 0 spiro atoms. The van der Waals surface area contributed by atoms with Crippen LogP contribution in [0, 0.1) is 0 Å². The average molecular weight is 547 g/mol. The summed E-state index contributed by atoms with van der Waals surface area (Å²) in [6.45, 7) is 0. The van der Waals surface area contributed by atoms with E-state index in [1.54, 1.807) is 36.4 Å². The number of fused-ring (bicyclic) bond motifs is 3. The lowest BCUT2D eigenvalue weighted by atomic mass is 10.1. The molecule has 2 amide bonds. The predicted molar refractivity (Wildman–Crippen MR) is 137 cm³/mol. The van der Waals surface area contributed by atoms with Gasteiger partial charge in [0.2, 0.25) is 0 Å². The molecule has 0 fully saturated rings. The highest BCUT2D eigenvalue weighted by molar-refractivity contribution is 7.90. The summed E-state index contributed by atoms with van der Waals surface area (Å²) >= 11 is 0. The molecule has 1 aliphatic carbocycles. The van der Waals surface area contributed by atoms with E-state index < -0.39 is 37.6 Å². The minimum Gasteiger partial charge on any atom is -0.289 e. The van der Waals surface area contributed by atoms with Crippen molar-refractivity contribution in [2.45, 2.75) is 9.79 Å². The lowest BCUT2D eigenvalue weighted by molar-refractivity contribution is 0.0972. The van der Waals surface area contributed by atoms with Crippen molar-refractivity contribution in [3.05, 3.63) is 119 Å². The van der Waals surface area contributed by atoms with Crippen molar-refractivity contribution in [3.8, 4) is 11.1 Å². The van der Waals surface area contributed by atoms with Gasteiger partial charge in [-0.2, -0.15) is 0 Å². The van der Waals surface area contributed by atoms with E-state index in [9.17, 15) is 31.2 Å². The Balaban J connectivity index is 1.42. The standard InChI is InChI=1S/C27H18N2O7S2/c30-25-23-15-19(37(33,34)28-26(31)17-7-3-1-4-8-17)11-13-21(23)22-14-12-20(16-24(22)25)38(35,36)29-27(32)18-9-5-2-6-10-18/h1-16H,(H,28,31)(H,29,32). The molecule has 0 radical (unpaired) electrons. The van der Waals surface area contributed by atoms with Crippen molar-refractivity contribution in [2.24, 2.45) is 0 Å². The van der Waals surface area contributed by atoms with E-state index in [1.807, 2.05) is 9.44 Å². The van der Waals surface area contributed by atoms with E-state index in [-0.39, 0.29) is 32.0 Å². The van der Waals surface area contributed by atoms with Gasteiger partial charge in [0.25, 0.3) is 31.9 Å². The molecule has 4 aromatic carbocycles. The van der Waals surface area contributed by atoms with Gasteiger partial charge in [-0.15, -0.1) is 0 Å². The lowest BCUT2D eigenvalue weighted by Crippen LogP contribution is -2.30. The van der Waals surface area contributed by atoms with Crippen LogP contribution in [-0.2, 0) is 20.0 Å². The monoisotopic (exact) mass is 546 g/mol. The molecular formula is C27H18N2O7S2. The van der Waals surface area contributed by atoms with Gasteiger partial charge in [0.15, 0.2) is 5.78 Å². The molecule has 0 saturated heterocycles. The summed E-state index contributed by atoms with van der Waals surface area (Å²) in [6, 6.07) is 23.2. The first-order valence-corrected chi connectivity index (χ1v) is 14.1. The second-order valence-electron chi connectivity index (χ2n) is 8.35. The Hall–Kier alpha value is -4.61. The Bertz CT molecular complexity index is 1700. The Morgan fingerprint density at radius 2 is 0.868 bits per heavy atom. The van der Waals surface area contributed by atoms with Gasteiger partial charge in [0.1, 0.15) is 0 Å². The number of hydrogen-bond donors (Lipinski definition) is 2. The maximum Gasteiger partial charge on any atom is 0.264 e. The van der Waals surface area contributed by atoms with Crippen LogP contribution in [0.1, 0.15) is 36.6 Å². The van der Waals surface area contributed by atoms with Crippen LogP contribution >= 0.6 is 0 Å². The fourth-order valence-electron chi connectivity index (χ4n) is 4.03. The number of carbonyl (C=O) groups excluding carboxylic acids is 3. The second-order valence-corrected chi connectivity index (χ2v) is 11.7. The number of hydrogen-bond acceptors (Lipinski definition) is 7. The molecule has 0 unspecified atom stereocenters. The third-order valence-corrected chi connectivity index (χ3v) is 8.57. The number of carbonyl (C=O) groups is 3. The lowest BCUT2D eigenvalue weighted by Gasteiger charge is -2.09. The molecule has 4 aromatic rings. The van der Waals surface area contributed by atoms with Gasteiger partial charge in [-0.25, -0.2) is 26.3 Å². The molecule has 0 saturated carbocycles. The Labute approximate surface area is 218 Å². The average Bonchev–Trinajstić information content (AvgIpc) is 3.20. The van der Waals surface area contributed by atoms with Gasteiger partial charge >= 0.3 is 0 Å². The van der Waals surface area contributed by atoms with Crippen molar-refractivity contribution < 1.29 is 31.2 Å². The van der Waals surface area contributed by atoms with Crippen LogP contribution in [0.15, 0.2) is 107 Å². The van der Waals surface area contributed by atoms with Gasteiger partial charge in [-0.3, -0.25) is 14.4 Å². The number of sulfonamides is 2. The first-order chi connectivity index (χ1) is 18.1. The second kappa shape index (κ2) is 9.36. The zero-order valence-electron chi connectivity index (χ0n) is 19.4. The first-order valence-electron chi connectivity index (χ1n) is 11.1. The van der Waals surface area contributed by atoms with E-state index in [0.717, 1.165) is 12.1 Å². The Morgan fingerprint density at radius 3 is 1.24 bits per heavy atom. The van der Waals surface area contributed by atoms with Crippen molar-refractivity contribution in [2.75, 3.05) is 0 Å². The highest BCUT2D eigenvalue weighted by Gasteiger charge is 2.31. The van der Waals surface area contributed by atoms with E-state index in [1.165, 1.54) is 48.5 Å². The quantitative estimate of drug-likeness (QED) is 0.333. The maximum atomic E-state index is 13.2. The van der Waals surface area contributed by atoms with Crippen LogP contribution in [0.5, 0.6) is 0 Å². The van der Waals surface area contributed by atoms with Crippen LogP contribution in [0.25, 0.3) is 11.1 Å². The molecule has 0 bridgehead atoms. The molecule has 1 aliphatic rings. The Morgan fingerprint density at radius 1 is 0.500 bits per heavy atom. The van der Waals surface area contributed by atoms with Crippen LogP contribution in [0.3, 0.4) is 0 Å². The van der Waals surface area contributed by atoms with E-state index in [0.29, 0.717) is 11.1 Å². The third-order valence-electron chi connectivity index (χ3n) is 5.91. The van der Waals surface area contributed by atoms with Crippen molar-refractivity contribution in [1.82, 2.24) is 9.44 Å². The Kier molecular flexibility index (Phi) is 6.17. The van der Waals surface area contributed by atoms with E-state index >= 15 is 0 Å². The van der Waals surface area contributed by atoms with Crippen LogP contribution in [-0.4, -0.2) is 34.4 Å². The molecule has 5 rings (SSSR count). The minimum absolute atomic E-state index is 0.0397. The number of nitrogens with one attached hydrogen (secondary N) is 2. The first kappa shape index (κ1) is 25.1. The van der Waals surface area contributed by atoms with Crippen LogP contribution in [0.4, 0.5) is 0 Å². The third kappa shape index (κ3) is 4.60. The molecule has 0 heterocycles. The highest BCUT2D eigenvalue weighted by Crippen LogP contribution is 2.38. The molecule has 0 aliphatic heterocycles. The summed E-state index contributed by atoms with van der Waals surface area (Å²) in [5.74, 6) is -2.24. The summed E-state index contributed by atoms with van der Waals surface area (Å²) in [6.07, 6.45) is 0. The summed E-state index contributed by atoms with van der Waals surface area (Å²) in [4.78, 5) is 37.3. The van der Waals surface area contributed by atoms with Crippen molar-refractivity contribution in [3.63, 3.8) is 0 Å². The summed E-state index contributed by atoms with van der Waals surface area (Å²) in [7, 11) is -8.61. The van der Waals surface area contributed by atoms with Gasteiger partial charge < -0.3 is 0 Å². The molecule has 190 valence electrons. The van der Waals surface area contributed by atoms with E-state index in [2.05, 4.69) is 0 Å². The van der Waals surface area contributed by atoms with Gasteiger partial charge in [-0.1, -0.05) is 48.5 Å². The predicted octanol–water partition coefficient (Wildman–Crippen LogP) is 3.14.